The van der Waals surface area contributed by atoms with Crippen molar-refractivity contribution in [1.82, 2.24) is 0 Å². The first-order valence-electron chi connectivity index (χ1n) is 4.20. The van der Waals surface area contributed by atoms with Crippen LogP contribution < -0.4 is 0 Å². The van der Waals surface area contributed by atoms with Crippen molar-refractivity contribution in [2.24, 2.45) is 5.92 Å². The van der Waals surface area contributed by atoms with Gasteiger partial charge in [-0.1, -0.05) is 0 Å². The summed E-state index contributed by atoms with van der Waals surface area (Å²) in [6, 6.07) is 0. The van der Waals surface area contributed by atoms with Crippen LogP contribution in [0.4, 0.5) is 0 Å². The van der Waals surface area contributed by atoms with Crippen LogP contribution in [0.25, 0.3) is 0 Å². The summed E-state index contributed by atoms with van der Waals surface area (Å²) in [5.74, 6) is -0.0443. The van der Waals surface area contributed by atoms with Crippen molar-refractivity contribution >= 4 is 0 Å². The molecule has 0 aromatic rings. The van der Waals surface area contributed by atoms with E-state index in [-0.39, 0.29) is 32.3 Å². The number of rotatable bonds is 5. The van der Waals surface area contributed by atoms with Gasteiger partial charge in [0.25, 0.3) is 0 Å². The van der Waals surface area contributed by atoms with Crippen molar-refractivity contribution in [3.63, 3.8) is 0 Å². The molecule has 0 heterocycles. The fourth-order valence-electron chi connectivity index (χ4n) is 0.620. The van der Waals surface area contributed by atoms with E-state index in [1.165, 1.54) is 0 Å². The molecule has 0 aliphatic rings. The Kier molecular flexibility index (Phi) is 16.1. The van der Waals surface area contributed by atoms with Crippen molar-refractivity contribution in [2.45, 2.75) is 19.8 Å². The van der Waals surface area contributed by atoms with Gasteiger partial charge in [0, 0.05) is 32.3 Å². The van der Waals surface area contributed by atoms with Crippen LogP contribution in [0.5, 0.6) is 0 Å². The average molecular weight is 180 g/mol. The predicted molar refractivity (Wildman–Crippen MR) is 46.7 cm³/mol. The molecule has 12 heavy (non-hydrogen) atoms. The Hall–Kier alpha value is -0.160. The SMILES string of the molecule is CCO.OCCCC(CO)CO. The molecule has 0 bridgehead atoms. The van der Waals surface area contributed by atoms with Crippen molar-refractivity contribution in [2.75, 3.05) is 26.4 Å². The van der Waals surface area contributed by atoms with E-state index in [0.29, 0.717) is 12.8 Å². The Balaban J connectivity index is 0. The van der Waals surface area contributed by atoms with Crippen LogP contribution in [-0.4, -0.2) is 46.9 Å². The molecule has 76 valence electrons. The third-order valence-electron chi connectivity index (χ3n) is 1.29. The van der Waals surface area contributed by atoms with E-state index in [4.69, 9.17) is 20.4 Å². The Morgan fingerprint density at radius 3 is 1.67 bits per heavy atom. The van der Waals surface area contributed by atoms with Crippen LogP contribution in [-0.2, 0) is 0 Å². The van der Waals surface area contributed by atoms with Gasteiger partial charge in [0.05, 0.1) is 0 Å². The largest absolute Gasteiger partial charge is 0.397 e. The molecule has 0 aliphatic heterocycles. The van der Waals surface area contributed by atoms with E-state index in [9.17, 15) is 0 Å². The summed E-state index contributed by atoms with van der Waals surface area (Å²) in [5, 5.41) is 32.9. The van der Waals surface area contributed by atoms with E-state index < -0.39 is 0 Å². The molecule has 4 heteroatoms. The smallest absolute Gasteiger partial charge is 0.0481 e. The van der Waals surface area contributed by atoms with Gasteiger partial charge < -0.3 is 20.4 Å². The second-order valence-corrected chi connectivity index (χ2v) is 2.41. The maximum Gasteiger partial charge on any atom is 0.0481 e. The molecular formula is C8H20O4. The van der Waals surface area contributed by atoms with Crippen LogP contribution in [0.3, 0.4) is 0 Å². The molecular weight excluding hydrogens is 160 g/mol. The Labute approximate surface area is 73.5 Å². The number of aliphatic hydroxyl groups is 4. The zero-order valence-electron chi connectivity index (χ0n) is 7.61. The van der Waals surface area contributed by atoms with E-state index in [1.807, 2.05) is 0 Å². The van der Waals surface area contributed by atoms with Gasteiger partial charge in [-0.3, -0.25) is 0 Å². The first-order valence-corrected chi connectivity index (χ1v) is 4.20. The summed E-state index contributed by atoms with van der Waals surface area (Å²) >= 11 is 0. The standard InChI is InChI=1S/C6H14O3.C2H6O/c7-3-1-2-6(4-8)5-9;1-2-3/h6-9H,1-5H2;3H,2H2,1H3. The maximum atomic E-state index is 8.51. The Morgan fingerprint density at radius 1 is 1.00 bits per heavy atom. The highest BCUT2D eigenvalue weighted by Gasteiger charge is 2.03. The maximum absolute atomic E-state index is 8.51. The summed E-state index contributed by atoms with van der Waals surface area (Å²) in [4.78, 5) is 0. The van der Waals surface area contributed by atoms with E-state index in [0.717, 1.165) is 0 Å². The molecule has 0 fully saturated rings. The van der Waals surface area contributed by atoms with Gasteiger partial charge in [0.1, 0.15) is 0 Å². The average Bonchev–Trinajstić information content (AvgIpc) is 2.08. The fraction of sp³-hybridized carbons (Fsp3) is 1.00. The Morgan fingerprint density at radius 2 is 1.42 bits per heavy atom. The Bertz CT molecular complexity index is 64.1. The highest BCUT2D eigenvalue weighted by atomic mass is 16.3. The molecule has 0 amide bonds. The van der Waals surface area contributed by atoms with E-state index in [1.54, 1.807) is 6.92 Å². The molecule has 0 saturated carbocycles. The molecule has 0 rings (SSSR count). The minimum atomic E-state index is -0.0443. The molecule has 0 aromatic heterocycles. The summed E-state index contributed by atoms with van der Waals surface area (Å²) in [7, 11) is 0. The molecule has 0 spiro atoms. The van der Waals surface area contributed by atoms with Crippen molar-refractivity contribution in [3.8, 4) is 0 Å². The highest BCUT2D eigenvalue weighted by Crippen LogP contribution is 2.02. The zero-order valence-corrected chi connectivity index (χ0v) is 7.61. The molecule has 4 N–H and O–H groups in total. The normalized spacial score (nSPS) is 9.50. The van der Waals surface area contributed by atoms with Crippen LogP contribution in [0.15, 0.2) is 0 Å². The van der Waals surface area contributed by atoms with Gasteiger partial charge in [0.15, 0.2) is 0 Å². The molecule has 0 aromatic carbocycles. The minimum Gasteiger partial charge on any atom is -0.397 e. The molecule has 0 aliphatic carbocycles. The van der Waals surface area contributed by atoms with Crippen molar-refractivity contribution in [1.29, 1.82) is 0 Å². The number of hydrogen-bond acceptors (Lipinski definition) is 4. The van der Waals surface area contributed by atoms with Gasteiger partial charge in [0.2, 0.25) is 0 Å². The molecule has 0 saturated heterocycles. The summed E-state index contributed by atoms with van der Waals surface area (Å²) in [6.45, 7) is 2.09. The third-order valence-corrected chi connectivity index (χ3v) is 1.29. The zero-order chi connectivity index (χ0) is 9.82. The van der Waals surface area contributed by atoms with Gasteiger partial charge in [-0.15, -0.1) is 0 Å². The van der Waals surface area contributed by atoms with Crippen LogP contribution >= 0.6 is 0 Å². The topological polar surface area (TPSA) is 80.9 Å². The quantitative estimate of drug-likeness (QED) is 0.453. The lowest BCUT2D eigenvalue weighted by Gasteiger charge is -2.07. The summed E-state index contributed by atoms with van der Waals surface area (Å²) in [5.41, 5.74) is 0. The van der Waals surface area contributed by atoms with E-state index >= 15 is 0 Å². The van der Waals surface area contributed by atoms with Gasteiger partial charge in [-0.2, -0.15) is 0 Å². The van der Waals surface area contributed by atoms with Gasteiger partial charge in [-0.05, 0) is 19.8 Å². The van der Waals surface area contributed by atoms with Gasteiger partial charge >= 0.3 is 0 Å². The molecule has 0 atom stereocenters. The lowest BCUT2D eigenvalue weighted by molar-refractivity contribution is 0.136. The van der Waals surface area contributed by atoms with Crippen LogP contribution in [0.2, 0.25) is 0 Å². The van der Waals surface area contributed by atoms with Crippen molar-refractivity contribution in [3.05, 3.63) is 0 Å². The second kappa shape index (κ2) is 13.4. The van der Waals surface area contributed by atoms with Crippen molar-refractivity contribution < 1.29 is 20.4 Å². The van der Waals surface area contributed by atoms with Crippen LogP contribution in [0, 0.1) is 5.92 Å². The number of aliphatic hydroxyl groups excluding tert-OH is 4. The van der Waals surface area contributed by atoms with Crippen LogP contribution in [0.1, 0.15) is 19.8 Å². The number of hydrogen-bond donors (Lipinski definition) is 4. The summed E-state index contributed by atoms with van der Waals surface area (Å²) in [6.07, 6.45) is 1.36. The second-order valence-electron chi connectivity index (χ2n) is 2.41. The highest BCUT2D eigenvalue weighted by molar-refractivity contribution is 4.53. The molecule has 0 radical (unpaired) electrons. The third kappa shape index (κ3) is 12.5. The van der Waals surface area contributed by atoms with Gasteiger partial charge in [-0.25, -0.2) is 0 Å². The first kappa shape index (κ1) is 14.4. The summed E-state index contributed by atoms with van der Waals surface area (Å²) < 4.78 is 0. The minimum absolute atomic E-state index is 0.0104. The monoisotopic (exact) mass is 180 g/mol. The first-order chi connectivity index (χ1) is 5.76. The van der Waals surface area contributed by atoms with E-state index in [2.05, 4.69) is 0 Å². The fourth-order valence-corrected chi connectivity index (χ4v) is 0.620. The molecule has 4 nitrogen and oxygen atoms in total. The predicted octanol–water partition coefficient (Wildman–Crippen LogP) is -0.642. The lowest BCUT2D eigenvalue weighted by atomic mass is 10.1. The lowest BCUT2D eigenvalue weighted by Crippen LogP contribution is -2.11. The molecule has 0 unspecified atom stereocenters.